The molecule has 1 aromatic carbocycles. The molecule has 8 heteroatoms. The number of nitrogens with one attached hydrogen (secondary N) is 1. The van der Waals surface area contributed by atoms with Gasteiger partial charge in [0.1, 0.15) is 0 Å². The Morgan fingerprint density at radius 3 is 2.33 bits per heavy atom. The highest BCUT2D eigenvalue weighted by atomic mass is 32.2. The van der Waals surface area contributed by atoms with Crippen LogP contribution in [0.15, 0.2) is 24.3 Å². The summed E-state index contributed by atoms with van der Waals surface area (Å²) >= 11 is 0. The molecule has 1 rings (SSSR count). The summed E-state index contributed by atoms with van der Waals surface area (Å²) in [6.45, 7) is 5.49. The fraction of sp³-hybridized carbons (Fsp3) is 0.462. The summed E-state index contributed by atoms with van der Waals surface area (Å²) in [6, 6.07) is 6.75. The fourth-order valence-electron chi connectivity index (χ4n) is 1.69. The van der Waals surface area contributed by atoms with Crippen LogP contribution in [0.25, 0.3) is 0 Å². The first-order valence-electron chi connectivity index (χ1n) is 6.60. The lowest BCUT2D eigenvalue weighted by molar-refractivity contribution is 0.121. The van der Waals surface area contributed by atoms with Crippen molar-refractivity contribution in [1.82, 2.24) is 4.72 Å². The number of nitrogens with zero attached hydrogens (tertiary/aromatic N) is 1. The van der Waals surface area contributed by atoms with Gasteiger partial charge in [0.15, 0.2) is 0 Å². The predicted molar refractivity (Wildman–Crippen MR) is 81.0 cm³/mol. The first kappa shape index (κ1) is 17.3. The molecule has 0 atom stereocenters. The molecule has 0 heterocycles. The molecule has 21 heavy (non-hydrogen) atoms. The van der Waals surface area contributed by atoms with Crippen LogP contribution in [0.5, 0.6) is 0 Å². The molecule has 0 aliphatic carbocycles. The Balaban J connectivity index is 2.93. The molecule has 0 aliphatic rings. The van der Waals surface area contributed by atoms with Gasteiger partial charge in [-0.3, -0.25) is 4.31 Å². The zero-order valence-corrected chi connectivity index (χ0v) is 13.2. The van der Waals surface area contributed by atoms with Crippen LogP contribution in [0.2, 0.25) is 0 Å². The van der Waals surface area contributed by atoms with Crippen LogP contribution in [0.4, 0.5) is 10.5 Å². The number of nitrogens with two attached hydrogens (primary N) is 1. The summed E-state index contributed by atoms with van der Waals surface area (Å²) < 4.78 is 32.1. The second kappa shape index (κ2) is 7.28. The van der Waals surface area contributed by atoms with Gasteiger partial charge in [-0.25, -0.2) is 9.52 Å². The van der Waals surface area contributed by atoms with Gasteiger partial charge in [-0.1, -0.05) is 12.1 Å². The molecule has 0 aromatic heterocycles. The van der Waals surface area contributed by atoms with E-state index in [1.165, 1.54) is 0 Å². The minimum atomic E-state index is -4.01. The summed E-state index contributed by atoms with van der Waals surface area (Å²) in [7, 11) is -4.01. The molecule has 0 fully saturated rings. The largest absolute Gasteiger partial charge is 0.446 e. The van der Waals surface area contributed by atoms with Crippen LogP contribution in [-0.4, -0.2) is 27.2 Å². The summed E-state index contributed by atoms with van der Waals surface area (Å²) in [5.41, 5.74) is 6.83. The van der Waals surface area contributed by atoms with E-state index in [4.69, 9.17) is 10.5 Å². The Kier molecular flexibility index (Phi) is 5.98. The van der Waals surface area contributed by atoms with Crippen LogP contribution in [0, 0.1) is 0 Å². The van der Waals surface area contributed by atoms with Crippen LogP contribution < -0.4 is 14.8 Å². The molecular weight excluding hydrogens is 294 g/mol. The predicted octanol–water partition coefficient (Wildman–Crippen LogP) is 1.35. The van der Waals surface area contributed by atoms with Crippen molar-refractivity contribution >= 4 is 22.0 Å². The standard InChI is InChI=1S/C13H21N3O4S/c1-4-16(12-7-5-11(9-14)6-8-12)21(18,19)15-13(17)20-10(2)3/h5-8,10H,4,9,14H2,1-3H3,(H,15,17). The molecule has 118 valence electrons. The third kappa shape index (κ3) is 4.91. The smallest absolute Gasteiger partial charge is 0.422 e. The molecule has 0 aliphatic heterocycles. The first-order valence-corrected chi connectivity index (χ1v) is 8.04. The van der Waals surface area contributed by atoms with Gasteiger partial charge in [-0.15, -0.1) is 0 Å². The van der Waals surface area contributed by atoms with Crippen LogP contribution >= 0.6 is 0 Å². The third-order valence-corrected chi connectivity index (χ3v) is 4.07. The van der Waals surface area contributed by atoms with E-state index in [9.17, 15) is 13.2 Å². The summed E-state index contributed by atoms with van der Waals surface area (Å²) in [6.07, 6.45) is -1.40. The average Bonchev–Trinajstić information content (AvgIpc) is 2.38. The molecular formula is C13H21N3O4S. The highest BCUT2D eigenvalue weighted by Crippen LogP contribution is 2.18. The number of carbonyl (C=O) groups excluding carboxylic acids is 1. The number of amides is 1. The van der Waals surface area contributed by atoms with Crippen molar-refractivity contribution in [3.63, 3.8) is 0 Å². The quantitative estimate of drug-likeness (QED) is 0.825. The Morgan fingerprint density at radius 2 is 1.90 bits per heavy atom. The minimum Gasteiger partial charge on any atom is -0.446 e. The molecule has 0 bridgehead atoms. The van der Waals surface area contributed by atoms with Gasteiger partial charge in [0, 0.05) is 13.1 Å². The molecule has 7 nitrogen and oxygen atoms in total. The third-order valence-electron chi connectivity index (χ3n) is 2.59. The lowest BCUT2D eigenvalue weighted by Crippen LogP contribution is -2.44. The maximum absolute atomic E-state index is 12.2. The second-order valence-corrected chi connectivity index (χ2v) is 6.19. The van der Waals surface area contributed by atoms with Gasteiger partial charge < -0.3 is 10.5 Å². The van der Waals surface area contributed by atoms with Crippen LogP contribution in [-0.2, 0) is 21.5 Å². The normalized spacial score (nSPS) is 11.3. The van der Waals surface area contributed by atoms with Gasteiger partial charge in [0.25, 0.3) is 0 Å². The number of hydrogen-bond acceptors (Lipinski definition) is 5. The maximum atomic E-state index is 12.2. The monoisotopic (exact) mass is 315 g/mol. The molecule has 0 saturated heterocycles. The van der Waals surface area contributed by atoms with Crippen LogP contribution in [0.1, 0.15) is 26.3 Å². The van der Waals surface area contributed by atoms with E-state index in [-0.39, 0.29) is 6.54 Å². The number of hydrogen-bond donors (Lipinski definition) is 2. The molecule has 0 unspecified atom stereocenters. The number of benzene rings is 1. The summed E-state index contributed by atoms with van der Waals surface area (Å²) in [5, 5.41) is 0. The Bertz CT molecular complexity index is 570. The zero-order chi connectivity index (χ0) is 16.0. The van der Waals surface area contributed by atoms with E-state index in [1.807, 2.05) is 4.72 Å². The lowest BCUT2D eigenvalue weighted by Gasteiger charge is -2.23. The molecule has 0 radical (unpaired) electrons. The van der Waals surface area contributed by atoms with Crippen molar-refractivity contribution in [3.8, 4) is 0 Å². The SMILES string of the molecule is CCN(c1ccc(CN)cc1)S(=O)(=O)NC(=O)OC(C)C. The lowest BCUT2D eigenvalue weighted by atomic mass is 10.2. The van der Waals surface area contributed by atoms with Gasteiger partial charge >= 0.3 is 16.3 Å². The van der Waals surface area contributed by atoms with E-state index in [2.05, 4.69) is 0 Å². The molecule has 0 saturated carbocycles. The van der Waals surface area contributed by atoms with Crippen LogP contribution in [0.3, 0.4) is 0 Å². The number of rotatable bonds is 6. The van der Waals surface area contributed by atoms with Gasteiger partial charge in [-0.2, -0.15) is 8.42 Å². The first-order chi connectivity index (χ1) is 9.80. The maximum Gasteiger partial charge on any atom is 0.422 e. The van der Waals surface area contributed by atoms with Gasteiger partial charge in [0.2, 0.25) is 0 Å². The van der Waals surface area contributed by atoms with Crippen molar-refractivity contribution in [1.29, 1.82) is 0 Å². The van der Waals surface area contributed by atoms with E-state index < -0.39 is 22.4 Å². The number of ether oxygens (including phenoxy) is 1. The second-order valence-electron chi connectivity index (χ2n) is 4.60. The molecule has 1 amide bonds. The number of anilines is 1. The molecule has 1 aromatic rings. The Hall–Kier alpha value is -1.80. The van der Waals surface area contributed by atoms with E-state index in [0.717, 1.165) is 9.87 Å². The summed E-state index contributed by atoms with van der Waals surface area (Å²) in [4.78, 5) is 11.5. The molecule has 0 spiro atoms. The van der Waals surface area contributed by atoms with Crippen molar-refractivity contribution in [2.45, 2.75) is 33.4 Å². The van der Waals surface area contributed by atoms with Gasteiger partial charge in [0.05, 0.1) is 11.8 Å². The highest BCUT2D eigenvalue weighted by molar-refractivity contribution is 7.91. The van der Waals surface area contributed by atoms with E-state index >= 15 is 0 Å². The van der Waals surface area contributed by atoms with Crippen molar-refractivity contribution in [2.24, 2.45) is 5.73 Å². The summed E-state index contributed by atoms with van der Waals surface area (Å²) in [5.74, 6) is 0. The fourth-order valence-corrected chi connectivity index (χ4v) is 2.80. The number of carbonyl (C=O) groups is 1. The average molecular weight is 315 g/mol. The molecule has 3 N–H and O–H groups in total. The van der Waals surface area contributed by atoms with Crippen molar-refractivity contribution in [3.05, 3.63) is 29.8 Å². The zero-order valence-electron chi connectivity index (χ0n) is 12.4. The topological polar surface area (TPSA) is 102 Å². The van der Waals surface area contributed by atoms with E-state index in [1.54, 1.807) is 45.0 Å². The minimum absolute atomic E-state index is 0.173. The highest BCUT2D eigenvalue weighted by Gasteiger charge is 2.24. The van der Waals surface area contributed by atoms with Gasteiger partial charge in [-0.05, 0) is 38.5 Å². The Labute approximate surface area is 125 Å². The Morgan fingerprint density at radius 1 is 1.33 bits per heavy atom. The van der Waals surface area contributed by atoms with Crippen molar-refractivity contribution < 1.29 is 17.9 Å². The van der Waals surface area contributed by atoms with Crippen molar-refractivity contribution in [2.75, 3.05) is 10.8 Å². The van der Waals surface area contributed by atoms with E-state index in [0.29, 0.717) is 12.2 Å².